The van der Waals surface area contributed by atoms with E-state index in [1.807, 2.05) is 53.4 Å². The molecule has 1 fully saturated rings. The monoisotopic (exact) mass is 522 g/mol. The van der Waals surface area contributed by atoms with Gasteiger partial charge < -0.3 is 15.5 Å². The van der Waals surface area contributed by atoms with Gasteiger partial charge in [-0.05, 0) is 24.3 Å². The molecule has 0 bridgehead atoms. The summed E-state index contributed by atoms with van der Waals surface area (Å²) in [5, 5.41) is 5.74. The number of benzodiazepines with no additional fused rings is 1. The van der Waals surface area contributed by atoms with E-state index >= 15 is 0 Å². The molecule has 5 rings (SSSR count). The summed E-state index contributed by atoms with van der Waals surface area (Å²) in [6.07, 6.45) is -1.18. The number of nitrogens with one attached hydrogen (secondary N) is 2. The third-order valence-electron chi connectivity index (χ3n) is 6.17. The third kappa shape index (κ3) is 4.98. The Morgan fingerprint density at radius 3 is 2.42 bits per heavy atom. The summed E-state index contributed by atoms with van der Waals surface area (Å²) in [6.45, 7) is 0.730. The Labute approximate surface area is 213 Å². The fourth-order valence-corrected chi connectivity index (χ4v) is 5.70. The molecule has 0 radical (unpaired) electrons. The van der Waals surface area contributed by atoms with Gasteiger partial charge in [-0.25, -0.2) is 13.4 Å². The number of benzene rings is 3. The number of para-hydroxylation sites is 1. The first-order chi connectivity index (χ1) is 17.3. The highest BCUT2D eigenvalue weighted by Gasteiger charge is 2.28. The van der Waals surface area contributed by atoms with E-state index in [1.54, 1.807) is 24.3 Å². The van der Waals surface area contributed by atoms with Crippen molar-refractivity contribution in [3.63, 3.8) is 0 Å². The number of nitrogens with zero attached hydrogens (tertiary/aromatic N) is 2. The summed E-state index contributed by atoms with van der Waals surface area (Å²) in [5.74, 6) is -0.860. The second kappa shape index (κ2) is 9.75. The highest BCUT2D eigenvalue weighted by atomic mass is 35.5. The van der Waals surface area contributed by atoms with Gasteiger partial charge in [-0.2, -0.15) is 0 Å². The minimum Gasteiger partial charge on any atom is -0.369 e. The zero-order valence-corrected chi connectivity index (χ0v) is 20.7. The molecule has 36 heavy (non-hydrogen) atoms. The van der Waals surface area contributed by atoms with Crippen LogP contribution < -0.4 is 15.5 Å². The van der Waals surface area contributed by atoms with E-state index in [0.29, 0.717) is 24.5 Å². The van der Waals surface area contributed by atoms with Crippen LogP contribution in [0.1, 0.15) is 21.5 Å². The first-order valence-electron chi connectivity index (χ1n) is 11.4. The number of fused-ring (bicyclic) bond motifs is 1. The molecule has 8 nitrogen and oxygen atoms in total. The van der Waals surface area contributed by atoms with Crippen molar-refractivity contribution in [2.24, 2.45) is 4.99 Å². The van der Waals surface area contributed by atoms with Crippen molar-refractivity contribution in [1.82, 2.24) is 5.32 Å². The number of hydrogen-bond acceptors (Lipinski definition) is 6. The quantitative estimate of drug-likeness (QED) is 0.547. The molecule has 2 aliphatic heterocycles. The minimum absolute atomic E-state index is 0.0772. The van der Waals surface area contributed by atoms with Crippen molar-refractivity contribution >= 4 is 50.3 Å². The molecule has 3 aromatic rings. The van der Waals surface area contributed by atoms with E-state index < -0.39 is 27.8 Å². The van der Waals surface area contributed by atoms with Gasteiger partial charge in [0.15, 0.2) is 9.84 Å². The molecule has 184 valence electrons. The Balaban J connectivity index is 1.40. The zero-order chi connectivity index (χ0) is 25.3. The summed E-state index contributed by atoms with van der Waals surface area (Å²) in [6, 6.07) is 21.7. The molecule has 1 saturated heterocycles. The molecule has 10 heteroatoms. The van der Waals surface area contributed by atoms with Gasteiger partial charge in [0.2, 0.25) is 6.17 Å². The van der Waals surface area contributed by atoms with Crippen molar-refractivity contribution < 1.29 is 18.0 Å². The lowest BCUT2D eigenvalue weighted by molar-refractivity contribution is -0.117. The Hall–Kier alpha value is -3.69. The number of carbonyl (C=O) groups excluding carboxylic acids is 2. The largest absolute Gasteiger partial charge is 0.369 e. The molecule has 0 spiro atoms. The van der Waals surface area contributed by atoms with E-state index in [1.165, 1.54) is 0 Å². The van der Waals surface area contributed by atoms with Gasteiger partial charge in [0.1, 0.15) is 0 Å². The van der Waals surface area contributed by atoms with E-state index in [-0.39, 0.29) is 22.1 Å². The Morgan fingerprint density at radius 1 is 1.00 bits per heavy atom. The van der Waals surface area contributed by atoms with Gasteiger partial charge in [0, 0.05) is 29.9 Å². The van der Waals surface area contributed by atoms with Crippen LogP contribution in [0.15, 0.2) is 77.8 Å². The molecule has 0 unspecified atom stereocenters. The second-order valence-corrected chi connectivity index (χ2v) is 11.3. The van der Waals surface area contributed by atoms with Crippen LogP contribution in [0.2, 0.25) is 5.02 Å². The van der Waals surface area contributed by atoms with Gasteiger partial charge in [-0.3, -0.25) is 9.59 Å². The fraction of sp³-hybridized carbons (Fsp3) is 0.192. The second-order valence-electron chi connectivity index (χ2n) is 8.56. The van der Waals surface area contributed by atoms with Crippen LogP contribution in [0.25, 0.3) is 0 Å². The lowest BCUT2D eigenvalue weighted by atomic mass is 10.0. The van der Waals surface area contributed by atoms with Crippen molar-refractivity contribution in [3.8, 4) is 0 Å². The number of sulfone groups is 1. The number of carbonyl (C=O) groups is 2. The van der Waals surface area contributed by atoms with Crippen LogP contribution in [0.5, 0.6) is 0 Å². The minimum atomic E-state index is -3.01. The van der Waals surface area contributed by atoms with Crippen molar-refractivity contribution in [2.45, 2.75) is 6.17 Å². The van der Waals surface area contributed by atoms with E-state index in [4.69, 9.17) is 11.6 Å². The topological polar surface area (TPSA) is 108 Å². The average Bonchev–Trinajstić information content (AvgIpc) is 3.00. The number of halogens is 1. The maximum Gasteiger partial charge on any atom is 0.269 e. The Morgan fingerprint density at radius 2 is 1.69 bits per heavy atom. The summed E-state index contributed by atoms with van der Waals surface area (Å²) in [5.41, 5.74) is 3.67. The van der Waals surface area contributed by atoms with E-state index in [0.717, 1.165) is 16.8 Å². The van der Waals surface area contributed by atoms with Crippen molar-refractivity contribution in [2.75, 3.05) is 34.8 Å². The van der Waals surface area contributed by atoms with Gasteiger partial charge in [-0.1, -0.05) is 60.1 Å². The average molecular weight is 523 g/mol. The van der Waals surface area contributed by atoms with E-state index in [2.05, 4.69) is 15.6 Å². The highest BCUT2D eigenvalue weighted by molar-refractivity contribution is 7.91. The molecule has 2 heterocycles. The third-order valence-corrected chi connectivity index (χ3v) is 8.09. The number of rotatable bonds is 4. The summed E-state index contributed by atoms with van der Waals surface area (Å²) < 4.78 is 23.4. The standard InChI is InChI=1S/C26H23ClN4O4S/c27-21-16-18(31-12-14-36(34,35)15-13-31)10-11-19(21)25(32)30-24-26(33)28-22-9-5-4-8-20(22)23(29-24)17-6-2-1-3-7-17/h1-11,16,24H,12-15H2,(H,28,33)(H,30,32)/t24-/m1/s1. The first kappa shape index (κ1) is 24.0. The Kier molecular flexibility index (Phi) is 6.51. The summed E-state index contributed by atoms with van der Waals surface area (Å²) in [4.78, 5) is 32.7. The molecule has 2 aliphatic rings. The van der Waals surface area contributed by atoms with Gasteiger partial charge >= 0.3 is 0 Å². The summed E-state index contributed by atoms with van der Waals surface area (Å²) >= 11 is 6.44. The van der Waals surface area contributed by atoms with Crippen LogP contribution in [0.4, 0.5) is 11.4 Å². The normalized spacial score (nSPS) is 18.9. The maximum atomic E-state index is 13.1. The highest BCUT2D eigenvalue weighted by Crippen LogP contribution is 2.27. The van der Waals surface area contributed by atoms with Crippen molar-refractivity contribution in [1.29, 1.82) is 0 Å². The van der Waals surface area contributed by atoms with Gasteiger partial charge in [0.25, 0.3) is 11.8 Å². The molecule has 2 N–H and O–H groups in total. The number of hydrogen-bond donors (Lipinski definition) is 2. The smallest absolute Gasteiger partial charge is 0.269 e. The van der Waals surface area contributed by atoms with Crippen molar-refractivity contribution in [3.05, 3.63) is 94.5 Å². The van der Waals surface area contributed by atoms with Crippen LogP contribution in [-0.4, -0.2) is 56.7 Å². The summed E-state index contributed by atoms with van der Waals surface area (Å²) in [7, 11) is -3.01. The zero-order valence-electron chi connectivity index (χ0n) is 19.1. The van der Waals surface area contributed by atoms with Crippen LogP contribution >= 0.6 is 11.6 Å². The van der Waals surface area contributed by atoms with Gasteiger partial charge in [-0.15, -0.1) is 0 Å². The molecule has 1 atom stereocenters. The fourth-order valence-electron chi connectivity index (χ4n) is 4.24. The molecule has 0 aliphatic carbocycles. The van der Waals surface area contributed by atoms with Crippen LogP contribution in [0.3, 0.4) is 0 Å². The van der Waals surface area contributed by atoms with E-state index in [9.17, 15) is 18.0 Å². The molecular formula is C26H23ClN4O4S. The molecular weight excluding hydrogens is 500 g/mol. The first-order valence-corrected chi connectivity index (χ1v) is 13.6. The van der Waals surface area contributed by atoms with Crippen LogP contribution in [0, 0.1) is 0 Å². The lowest BCUT2D eigenvalue weighted by Gasteiger charge is -2.29. The molecule has 0 saturated carbocycles. The number of amides is 2. The Bertz CT molecular complexity index is 1460. The molecule has 2 amide bonds. The van der Waals surface area contributed by atoms with Crippen LogP contribution in [-0.2, 0) is 14.6 Å². The SMILES string of the molecule is O=C(N[C@H]1N=C(c2ccccc2)c2ccccc2NC1=O)c1ccc(N2CCS(=O)(=O)CC2)cc1Cl. The maximum absolute atomic E-state index is 13.1. The predicted octanol–water partition coefficient (Wildman–Crippen LogP) is 3.12. The number of aliphatic imine (C=N–C) groups is 1. The molecule has 3 aromatic carbocycles. The predicted molar refractivity (Wildman–Crippen MR) is 141 cm³/mol. The lowest BCUT2D eigenvalue weighted by Crippen LogP contribution is -2.42. The van der Waals surface area contributed by atoms with Gasteiger partial charge in [0.05, 0.1) is 33.5 Å². The molecule has 0 aromatic heterocycles. The number of anilines is 2.